The fourth-order valence-corrected chi connectivity index (χ4v) is 3.18. The molecule has 2 N–H and O–H groups in total. The highest BCUT2D eigenvalue weighted by Gasteiger charge is 2.21. The summed E-state index contributed by atoms with van der Waals surface area (Å²) in [4.78, 5) is 12.2. The highest BCUT2D eigenvalue weighted by atomic mass is 35.5. The number of carbonyl (C=O) groups excluding carboxylic acids is 1. The average Bonchev–Trinajstić information content (AvgIpc) is 2.97. The maximum absolute atomic E-state index is 12.2. The van der Waals surface area contributed by atoms with Crippen molar-refractivity contribution in [3.05, 3.63) is 18.0 Å². The normalized spacial score (nSPS) is 22.8. The van der Waals surface area contributed by atoms with Crippen molar-refractivity contribution < 1.29 is 9.53 Å². The van der Waals surface area contributed by atoms with Crippen molar-refractivity contribution in [1.29, 1.82) is 0 Å². The molecule has 0 bridgehead atoms. The van der Waals surface area contributed by atoms with Gasteiger partial charge in [-0.2, -0.15) is 5.10 Å². The first-order valence-corrected chi connectivity index (χ1v) is 7.92. The van der Waals surface area contributed by atoms with Crippen LogP contribution in [0, 0.1) is 0 Å². The van der Waals surface area contributed by atoms with Crippen molar-refractivity contribution in [2.24, 2.45) is 0 Å². The topological polar surface area (TPSA) is 68.2 Å². The third kappa shape index (κ3) is 4.44. The number of hydrogen-bond donors (Lipinski definition) is 2. The number of aromatic nitrogens is 2. The van der Waals surface area contributed by atoms with Gasteiger partial charge in [0.25, 0.3) is 0 Å². The van der Waals surface area contributed by atoms with E-state index in [9.17, 15) is 4.79 Å². The van der Waals surface area contributed by atoms with E-state index in [4.69, 9.17) is 4.74 Å². The van der Waals surface area contributed by atoms with Crippen LogP contribution in [0.2, 0.25) is 0 Å². The molecule has 7 heteroatoms. The van der Waals surface area contributed by atoms with Crippen molar-refractivity contribution in [1.82, 2.24) is 20.4 Å². The molecule has 6 nitrogen and oxygen atoms in total. The number of piperidine rings is 1. The van der Waals surface area contributed by atoms with Gasteiger partial charge in [-0.1, -0.05) is 0 Å². The average molecular weight is 329 g/mol. The van der Waals surface area contributed by atoms with Gasteiger partial charge in [0.15, 0.2) is 0 Å². The lowest BCUT2D eigenvalue weighted by Gasteiger charge is -2.25. The van der Waals surface area contributed by atoms with Crippen LogP contribution in [-0.4, -0.2) is 48.0 Å². The summed E-state index contributed by atoms with van der Waals surface area (Å²) in [5, 5.41) is 10.8. The molecule has 1 aromatic rings. The van der Waals surface area contributed by atoms with Gasteiger partial charge in [-0.05, 0) is 38.3 Å². The van der Waals surface area contributed by atoms with Crippen molar-refractivity contribution in [2.45, 2.75) is 44.2 Å². The van der Waals surface area contributed by atoms with E-state index < -0.39 is 0 Å². The molecule has 1 atom stereocenters. The molecule has 1 aromatic heterocycles. The van der Waals surface area contributed by atoms with E-state index in [0.29, 0.717) is 12.5 Å². The Morgan fingerprint density at radius 2 is 2.23 bits per heavy atom. The fraction of sp³-hybridized carbons (Fsp3) is 0.733. The molecule has 1 amide bonds. The number of carbonyl (C=O) groups is 1. The van der Waals surface area contributed by atoms with Crippen molar-refractivity contribution in [2.75, 3.05) is 26.3 Å². The van der Waals surface area contributed by atoms with Gasteiger partial charge in [-0.25, -0.2) is 0 Å². The van der Waals surface area contributed by atoms with Crippen molar-refractivity contribution in [3.8, 4) is 0 Å². The Morgan fingerprint density at radius 3 is 2.95 bits per heavy atom. The van der Waals surface area contributed by atoms with Gasteiger partial charge in [-0.3, -0.25) is 9.48 Å². The molecule has 0 spiro atoms. The number of ether oxygens (including phenoxy) is 1. The number of amides is 1. The number of nitrogens with zero attached hydrogens (tertiary/aromatic N) is 2. The molecule has 2 aliphatic rings. The minimum atomic E-state index is 0. The Balaban J connectivity index is 0.00000176. The van der Waals surface area contributed by atoms with Gasteiger partial charge in [0.05, 0.1) is 0 Å². The standard InChI is InChI=1S/C15H24N4O2.ClH/c20-15(18-13-4-8-21-9-5-13)11-19-14(3-7-17-19)12-2-1-6-16-10-12;/h3,7,12-13,16H,1-2,4-6,8-11H2,(H,18,20);1H. The van der Waals surface area contributed by atoms with E-state index >= 15 is 0 Å². The highest BCUT2D eigenvalue weighted by Crippen LogP contribution is 2.22. The summed E-state index contributed by atoms with van der Waals surface area (Å²) >= 11 is 0. The largest absolute Gasteiger partial charge is 0.381 e. The zero-order chi connectivity index (χ0) is 14.5. The van der Waals surface area contributed by atoms with E-state index in [1.165, 1.54) is 18.5 Å². The molecule has 0 radical (unpaired) electrons. The lowest BCUT2D eigenvalue weighted by atomic mass is 9.96. The molecule has 3 rings (SSSR count). The van der Waals surface area contributed by atoms with E-state index in [1.54, 1.807) is 6.20 Å². The second-order valence-corrected chi connectivity index (χ2v) is 5.91. The molecule has 2 fully saturated rings. The van der Waals surface area contributed by atoms with Crippen LogP contribution in [0.4, 0.5) is 0 Å². The van der Waals surface area contributed by atoms with Crippen LogP contribution in [0.25, 0.3) is 0 Å². The molecule has 22 heavy (non-hydrogen) atoms. The van der Waals surface area contributed by atoms with Crippen LogP contribution in [-0.2, 0) is 16.1 Å². The molecule has 0 aromatic carbocycles. The van der Waals surface area contributed by atoms with Gasteiger partial charge in [0, 0.05) is 43.6 Å². The predicted molar refractivity (Wildman–Crippen MR) is 86.3 cm³/mol. The van der Waals surface area contributed by atoms with Gasteiger partial charge >= 0.3 is 0 Å². The predicted octanol–water partition coefficient (Wildman–Crippen LogP) is 1.07. The Morgan fingerprint density at radius 1 is 1.41 bits per heavy atom. The maximum atomic E-state index is 12.2. The second-order valence-electron chi connectivity index (χ2n) is 5.91. The summed E-state index contributed by atoms with van der Waals surface area (Å²) in [6.45, 7) is 3.87. The van der Waals surface area contributed by atoms with Gasteiger partial charge in [0.2, 0.25) is 5.91 Å². The highest BCUT2D eigenvalue weighted by molar-refractivity contribution is 5.85. The summed E-state index contributed by atoms with van der Waals surface area (Å²) in [6, 6.07) is 2.29. The molecule has 1 unspecified atom stereocenters. The summed E-state index contributed by atoms with van der Waals surface area (Å²) in [5.41, 5.74) is 1.17. The lowest BCUT2D eigenvalue weighted by molar-refractivity contribution is -0.123. The first-order valence-electron chi connectivity index (χ1n) is 7.92. The van der Waals surface area contributed by atoms with Gasteiger partial charge < -0.3 is 15.4 Å². The van der Waals surface area contributed by atoms with Crippen molar-refractivity contribution >= 4 is 18.3 Å². The molecule has 0 saturated carbocycles. The Bertz CT molecular complexity index is 468. The molecular weight excluding hydrogens is 304 g/mol. The Labute approximate surface area is 137 Å². The molecule has 2 saturated heterocycles. The SMILES string of the molecule is Cl.O=C(Cn1nccc1C1CCCNC1)NC1CCOCC1. The second kappa shape index (κ2) is 8.50. The number of rotatable bonds is 4. The lowest BCUT2D eigenvalue weighted by Crippen LogP contribution is -2.41. The van der Waals surface area contributed by atoms with Gasteiger partial charge in [0.1, 0.15) is 6.54 Å². The molecule has 124 valence electrons. The minimum absolute atomic E-state index is 0. The number of halogens is 1. The molecule has 0 aliphatic carbocycles. The number of nitrogens with one attached hydrogen (secondary N) is 2. The third-order valence-electron chi connectivity index (χ3n) is 4.34. The first-order chi connectivity index (χ1) is 10.3. The van der Waals surface area contributed by atoms with Crippen LogP contribution in [0.1, 0.15) is 37.3 Å². The van der Waals surface area contributed by atoms with Crippen LogP contribution >= 0.6 is 12.4 Å². The smallest absolute Gasteiger partial charge is 0.241 e. The third-order valence-corrected chi connectivity index (χ3v) is 4.34. The monoisotopic (exact) mass is 328 g/mol. The zero-order valence-corrected chi connectivity index (χ0v) is 13.6. The van der Waals surface area contributed by atoms with Crippen LogP contribution in [0.15, 0.2) is 12.3 Å². The summed E-state index contributed by atoms with van der Waals surface area (Å²) < 4.78 is 7.16. The fourth-order valence-electron chi connectivity index (χ4n) is 3.18. The maximum Gasteiger partial charge on any atom is 0.241 e. The quantitative estimate of drug-likeness (QED) is 0.867. The number of hydrogen-bond acceptors (Lipinski definition) is 4. The van der Waals surface area contributed by atoms with Crippen LogP contribution in [0.5, 0.6) is 0 Å². The molecule has 2 aliphatic heterocycles. The van der Waals surface area contributed by atoms with Crippen molar-refractivity contribution in [3.63, 3.8) is 0 Å². The minimum Gasteiger partial charge on any atom is -0.381 e. The van der Waals surface area contributed by atoms with E-state index in [0.717, 1.165) is 39.1 Å². The van der Waals surface area contributed by atoms with Crippen LogP contribution < -0.4 is 10.6 Å². The van der Waals surface area contributed by atoms with E-state index in [2.05, 4.69) is 15.7 Å². The molecular formula is C15H25ClN4O2. The zero-order valence-electron chi connectivity index (χ0n) is 12.8. The summed E-state index contributed by atoms with van der Waals surface area (Å²) in [5.74, 6) is 0.521. The first kappa shape index (κ1) is 17.2. The summed E-state index contributed by atoms with van der Waals surface area (Å²) in [6.07, 6.45) is 5.96. The van der Waals surface area contributed by atoms with Crippen LogP contribution in [0.3, 0.4) is 0 Å². The summed E-state index contributed by atoms with van der Waals surface area (Å²) in [7, 11) is 0. The molecule has 3 heterocycles. The van der Waals surface area contributed by atoms with E-state index in [1.807, 2.05) is 10.7 Å². The Hall–Kier alpha value is -1.11. The van der Waals surface area contributed by atoms with E-state index in [-0.39, 0.29) is 24.4 Å². The Kier molecular flexibility index (Phi) is 6.67. The van der Waals surface area contributed by atoms with Gasteiger partial charge in [-0.15, -0.1) is 12.4 Å².